The smallest absolute Gasteiger partial charge is 0.326 e. The molecule has 46 heavy (non-hydrogen) atoms. The molecule has 2 atom stereocenters. The number of halogens is 2. The highest BCUT2D eigenvalue weighted by Gasteiger charge is 2.37. The van der Waals surface area contributed by atoms with Crippen LogP contribution in [0.2, 0.25) is 0 Å². The highest BCUT2D eigenvalue weighted by atomic mass is 35.5. The molecule has 11 nitrogen and oxygen atoms in total. The van der Waals surface area contributed by atoms with Crippen LogP contribution in [0.1, 0.15) is 42.0 Å². The highest BCUT2D eigenvalue weighted by molar-refractivity contribution is 7.89. The first-order chi connectivity index (χ1) is 20.8. The van der Waals surface area contributed by atoms with Gasteiger partial charge < -0.3 is 25.5 Å². The van der Waals surface area contributed by atoms with Gasteiger partial charge in [0, 0.05) is 25.2 Å². The number of aliphatic carboxylic acids is 1. The van der Waals surface area contributed by atoms with E-state index in [4.69, 9.17) is 11.1 Å². The molecule has 4 rings (SSSR count). The van der Waals surface area contributed by atoms with Crippen molar-refractivity contribution < 1.29 is 23.1 Å². The van der Waals surface area contributed by atoms with Crippen LogP contribution in [-0.4, -0.2) is 105 Å². The minimum absolute atomic E-state index is 0. The fraction of sp³-hybridized carbons (Fsp3) is 0.469. The number of nitrogens with one attached hydrogen (secondary N) is 2. The van der Waals surface area contributed by atoms with Crippen molar-refractivity contribution in [1.29, 1.82) is 5.41 Å². The fourth-order valence-corrected chi connectivity index (χ4v) is 7.07. The van der Waals surface area contributed by atoms with E-state index in [0.29, 0.717) is 11.1 Å². The Labute approximate surface area is 284 Å². The number of carbonyl (C=O) groups is 2. The maximum atomic E-state index is 13.9. The molecule has 0 unspecified atom stereocenters. The molecule has 2 aliphatic heterocycles. The number of rotatable bonds is 12. The molecule has 2 heterocycles. The molecule has 0 fully saturated rings. The zero-order chi connectivity index (χ0) is 32.0. The second kappa shape index (κ2) is 17.2. The highest BCUT2D eigenvalue weighted by Crippen LogP contribution is 2.24. The molecule has 2 aliphatic rings. The van der Waals surface area contributed by atoms with Crippen LogP contribution in [-0.2, 0) is 38.9 Å². The third-order valence-corrected chi connectivity index (χ3v) is 9.80. The minimum atomic E-state index is -4.17. The number of fused-ring (bicyclic) bond motifs is 1. The zero-order valence-electron chi connectivity index (χ0n) is 26.6. The van der Waals surface area contributed by atoms with Crippen molar-refractivity contribution in [2.75, 3.05) is 46.8 Å². The van der Waals surface area contributed by atoms with Crippen LogP contribution in [0, 0.1) is 5.41 Å². The van der Waals surface area contributed by atoms with Crippen molar-refractivity contribution >= 4 is 52.5 Å². The largest absolute Gasteiger partial charge is 0.480 e. The first-order valence-electron chi connectivity index (χ1n) is 15.0. The lowest BCUT2D eigenvalue weighted by atomic mass is 9.98. The van der Waals surface area contributed by atoms with E-state index in [0.717, 1.165) is 62.1 Å². The molecule has 0 saturated heterocycles. The number of amidine groups is 1. The topological polar surface area (TPSA) is 160 Å². The Morgan fingerprint density at radius 3 is 2.46 bits per heavy atom. The lowest BCUT2D eigenvalue weighted by Gasteiger charge is -2.34. The average Bonchev–Trinajstić information content (AvgIpc) is 3.18. The van der Waals surface area contributed by atoms with Crippen LogP contribution in [0.3, 0.4) is 0 Å². The number of nitrogen functional groups attached to an aromatic ring is 1. The van der Waals surface area contributed by atoms with Crippen LogP contribution in [0.25, 0.3) is 0 Å². The lowest BCUT2D eigenvalue weighted by molar-refractivity contribution is -0.150. The van der Waals surface area contributed by atoms with E-state index in [1.807, 2.05) is 13.0 Å². The number of carboxylic acids is 1. The van der Waals surface area contributed by atoms with Crippen molar-refractivity contribution in [2.24, 2.45) is 5.73 Å². The molecule has 2 aromatic carbocycles. The standard InChI is InChI=1S/C32H44N6O5S.2ClH/c1-22-10-17-38(29(18-22)32(40)41)31(39)28(20-23-6-4-7-26(19-23)30(33)34)35-44(42,43)27-9-8-24-11-15-37(14-5-13-36(2)3)16-12-25(24)21-27;;/h4,6-10,19,21,28-29,35H,5,11-18,20H2,1-3H3,(H3,33,34)(H,40,41);2*1H/t28-,29+;;/m0../s1. The Morgan fingerprint density at radius 2 is 1.80 bits per heavy atom. The second-order valence-electron chi connectivity index (χ2n) is 12.0. The number of nitrogens with zero attached hydrogens (tertiary/aromatic N) is 3. The Hall–Kier alpha value is -3.00. The van der Waals surface area contributed by atoms with Gasteiger partial charge in [-0.3, -0.25) is 10.2 Å². The summed E-state index contributed by atoms with van der Waals surface area (Å²) in [6, 6.07) is 9.47. The molecule has 0 bridgehead atoms. The van der Waals surface area contributed by atoms with Gasteiger partial charge in [0.15, 0.2) is 0 Å². The van der Waals surface area contributed by atoms with Gasteiger partial charge >= 0.3 is 5.97 Å². The van der Waals surface area contributed by atoms with E-state index in [-0.39, 0.29) is 54.9 Å². The number of nitrogens with two attached hydrogens (primary N) is 1. The molecule has 0 aromatic heterocycles. The molecule has 2 aromatic rings. The molecule has 0 aliphatic carbocycles. The van der Waals surface area contributed by atoms with Crippen molar-refractivity contribution in [3.05, 3.63) is 76.4 Å². The van der Waals surface area contributed by atoms with Gasteiger partial charge in [0.25, 0.3) is 0 Å². The van der Waals surface area contributed by atoms with Gasteiger partial charge in [0.1, 0.15) is 17.9 Å². The van der Waals surface area contributed by atoms with Crippen LogP contribution >= 0.6 is 24.8 Å². The summed E-state index contributed by atoms with van der Waals surface area (Å²) in [5, 5.41) is 17.7. The summed E-state index contributed by atoms with van der Waals surface area (Å²) in [5.41, 5.74) is 9.64. The first kappa shape index (κ1) is 39.2. The summed E-state index contributed by atoms with van der Waals surface area (Å²) in [7, 11) is -0.0470. The molecular weight excluding hydrogens is 651 g/mol. The van der Waals surface area contributed by atoms with Crippen molar-refractivity contribution in [2.45, 2.75) is 56.0 Å². The number of benzene rings is 2. The molecule has 14 heteroatoms. The second-order valence-corrected chi connectivity index (χ2v) is 13.7. The number of carbonyl (C=O) groups excluding carboxylic acids is 1. The van der Waals surface area contributed by atoms with Gasteiger partial charge in [-0.15, -0.1) is 24.8 Å². The normalized spacial score (nSPS) is 17.5. The Morgan fingerprint density at radius 1 is 1.11 bits per heavy atom. The molecule has 5 N–H and O–H groups in total. The van der Waals surface area contributed by atoms with E-state index in [1.54, 1.807) is 42.5 Å². The summed E-state index contributed by atoms with van der Waals surface area (Å²) in [6.07, 6.45) is 4.52. The molecular formula is C32H46Cl2N6O5S. The van der Waals surface area contributed by atoms with Gasteiger partial charge in [-0.25, -0.2) is 13.2 Å². The van der Waals surface area contributed by atoms with E-state index >= 15 is 0 Å². The van der Waals surface area contributed by atoms with Gasteiger partial charge in [-0.2, -0.15) is 4.72 Å². The molecule has 0 spiro atoms. The van der Waals surface area contributed by atoms with Gasteiger partial charge in [0.05, 0.1) is 4.90 Å². The number of hydrogen-bond acceptors (Lipinski definition) is 7. The molecule has 254 valence electrons. The average molecular weight is 698 g/mol. The maximum absolute atomic E-state index is 13.9. The number of sulfonamides is 1. The van der Waals surface area contributed by atoms with E-state index in [2.05, 4.69) is 28.6 Å². The number of amides is 1. The third-order valence-electron chi connectivity index (χ3n) is 8.33. The SMILES string of the molecule is CC1=CCN(C(=O)[C@H](Cc2cccc(C(=N)N)c2)NS(=O)(=O)c2ccc3c(c2)CCN(CCCN(C)C)CC3)[C@@H](C(=O)O)C1.Cl.Cl. The van der Waals surface area contributed by atoms with E-state index < -0.39 is 34.0 Å². The Kier molecular flexibility index (Phi) is 14.7. The quantitative estimate of drug-likeness (QED) is 0.150. The minimum Gasteiger partial charge on any atom is -0.480 e. The van der Waals surface area contributed by atoms with Crippen molar-refractivity contribution in [3.8, 4) is 0 Å². The predicted octanol–water partition coefficient (Wildman–Crippen LogP) is 2.69. The predicted molar refractivity (Wildman–Crippen MR) is 185 cm³/mol. The monoisotopic (exact) mass is 696 g/mol. The van der Waals surface area contributed by atoms with Crippen LogP contribution in [0.5, 0.6) is 0 Å². The van der Waals surface area contributed by atoms with Gasteiger partial charge in [-0.1, -0.05) is 35.9 Å². The molecule has 0 radical (unpaired) electrons. The van der Waals surface area contributed by atoms with Crippen molar-refractivity contribution in [1.82, 2.24) is 19.4 Å². The summed E-state index contributed by atoms with van der Waals surface area (Å²) in [6.45, 7) is 5.62. The molecule has 1 amide bonds. The maximum Gasteiger partial charge on any atom is 0.326 e. The van der Waals surface area contributed by atoms with Crippen LogP contribution in [0.4, 0.5) is 0 Å². The molecule has 0 saturated carbocycles. The van der Waals surface area contributed by atoms with Gasteiger partial charge in [-0.05, 0) is 101 Å². The summed E-state index contributed by atoms with van der Waals surface area (Å²) < 4.78 is 30.3. The Bertz CT molecular complexity index is 1530. The van der Waals surface area contributed by atoms with Crippen LogP contribution < -0.4 is 10.5 Å². The van der Waals surface area contributed by atoms with E-state index in [9.17, 15) is 23.1 Å². The summed E-state index contributed by atoms with van der Waals surface area (Å²) in [4.78, 5) is 31.9. The fourth-order valence-electron chi connectivity index (χ4n) is 5.83. The van der Waals surface area contributed by atoms with Gasteiger partial charge in [0.2, 0.25) is 15.9 Å². The number of hydrogen-bond donors (Lipinski definition) is 4. The first-order valence-corrected chi connectivity index (χ1v) is 16.5. The van der Waals surface area contributed by atoms with E-state index in [1.165, 1.54) is 4.90 Å². The number of carboxylic acid groups (broad SMARTS) is 1. The Balaban J connectivity index is 0.00000368. The summed E-state index contributed by atoms with van der Waals surface area (Å²) in [5.74, 6) is -1.92. The third kappa shape index (κ3) is 10.2. The lowest BCUT2D eigenvalue weighted by Crippen LogP contribution is -2.55. The summed E-state index contributed by atoms with van der Waals surface area (Å²) >= 11 is 0. The van der Waals surface area contributed by atoms with Crippen molar-refractivity contribution in [3.63, 3.8) is 0 Å². The zero-order valence-corrected chi connectivity index (χ0v) is 29.0. The van der Waals surface area contributed by atoms with Crippen LogP contribution in [0.15, 0.2) is 59.0 Å².